The lowest BCUT2D eigenvalue weighted by Crippen LogP contribution is -2.00. The molecule has 0 atom stereocenters. The normalized spacial score (nSPS) is 14.7. The van der Waals surface area contributed by atoms with Gasteiger partial charge in [-0.05, 0) is 46.5 Å². The molecule has 0 aliphatic carbocycles. The van der Waals surface area contributed by atoms with Gasteiger partial charge < -0.3 is 8.83 Å². The molecule has 0 bridgehead atoms. The Balaban J connectivity index is 1.34. The van der Waals surface area contributed by atoms with Gasteiger partial charge in [0, 0.05) is 32.7 Å². The summed E-state index contributed by atoms with van der Waals surface area (Å²) in [5.41, 5.74) is 2.45. The fourth-order valence-corrected chi connectivity index (χ4v) is 6.34. The van der Waals surface area contributed by atoms with Gasteiger partial charge in [0.05, 0.1) is 20.6 Å². The summed E-state index contributed by atoms with van der Waals surface area (Å²) in [5.74, 6) is 0.128. The first-order valence-electron chi connectivity index (χ1n) is 21.2. The third kappa shape index (κ3) is 4.60. The Bertz CT molecular complexity index is 3470. The van der Waals surface area contributed by atoms with Gasteiger partial charge >= 0.3 is 0 Å². The Kier molecular flexibility index (Phi) is 4.38. The SMILES string of the molecule is [2H]c1c([2H])c([2H])c(-c2c([2H])c([2H])c([2H])c3oc4c([2H])c([2H])c([2H])c(-c5nc(-c6ccc(-c7ccccc7)cc6)nc(-c6cccc7c6oc6ccccc67)n5)c4c23)c([2H])c1[2H]. The minimum Gasteiger partial charge on any atom is -0.456 e. The summed E-state index contributed by atoms with van der Waals surface area (Å²) in [6.07, 6.45) is 0. The highest BCUT2D eigenvalue weighted by atomic mass is 16.3. The molecule has 0 unspecified atom stereocenters. The van der Waals surface area contributed by atoms with Crippen molar-refractivity contribution in [2.75, 3.05) is 0 Å². The molecule has 0 saturated carbocycles. The summed E-state index contributed by atoms with van der Waals surface area (Å²) in [7, 11) is 0. The van der Waals surface area contributed by atoms with Crippen molar-refractivity contribution < 1.29 is 23.9 Å². The van der Waals surface area contributed by atoms with Gasteiger partial charge in [-0.15, -0.1) is 0 Å². The number of hydrogen-bond donors (Lipinski definition) is 0. The van der Waals surface area contributed by atoms with E-state index < -0.39 is 72.0 Å². The number of hydrogen-bond acceptors (Lipinski definition) is 5. The van der Waals surface area contributed by atoms with E-state index in [1.165, 1.54) is 0 Å². The highest BCUT2D eigenvalue weighted by molar-refractivity contribution is 6.17. The number of aromatic nitrogens is 3. The third-order valence-electron chi connectivity index (χ3n) is 8.64. The molecule has 0 saturated heterocycles. The van der Waals surface area contributed by atoms with E-state index in [9.17, 15) is 1.37 Å². The molecule has 234 valence electrons. The smallest absolute Gasteiger partial charge is 0.167 e. The number of rotatable bonds is 5. The fourth-order valence-electron chi connectivity index (χ4n) is 6.34. The molecule has 0 aliphatic heterocycles. The van der Waals surface area contributed by atoms with E-state index in [0.29, 0.717) is 22.3 Å². The predicted molar refractivity (Wildman–Crippen MR) is 202 cm³/mol. The monoisotopic (exact) mass is 652 g/mol. The molecular weight excluding hydrogens is 615 g/mol. The van der Waals surface area contributed by atoms with Crippen LogP contribution in [0.15, 0.2) is 172 Å². The van der Waals surface area contributed by atoms with Crippen molar-refractivity contribution in [3.8, 4) is 56.4 Å². The summed E-state index contributed by atoms with van der Waals surface area (Å²) < 4.78 is 109. The molecular formula is C45H27N3O2. The van der Waals surface area contributed by atoms with Crippen molar-refractivity contribution in [2.45, 2.75) is 0 Å². The van der Waals surface area contributed by atoms with Crippen molar-refractivity contribution in [3.05, 3.63) is 164 Å². The summed E-state index contributed by atoms with van der Waals surface area (Å²) in [4.78, 5) is 14.7. The van der Waals surface area contributed by atoms with Crippen LogP contribution < -0.4 is 0 Å². The average molecular weight is 653 g/mol. The van der Waals surface area contributed by atoms with Crippen LogP contribution in [-0.2, 0) is 0 Å². The lowest BCUT2D eigenvalue weighted by molar-refractivity contribution is 0.668. The van der Waals surface area contributed by atoms with Crippen molar-refractivity contribution in [1.82, 2.24) is 15.0 Å². The predicted octanol–water partition coefficient (Wildman–Crippen LogP) is 12.0. The lowest BCUT2D eigenvalue weighted by atomic mass is 9.97. The van der Waals surface area contributed by atoms with Crippen LogP contribution in [0.3, 0.4) is 0 Å². The molecule has 3 aromatic heterocycles. The largest absolute Gasteiger partial charge is 0.456 e. The summed E-state index contributed by atoms with van der Waals surface area (Å²) in [6, 6.07) is 23.4. The van der Waals surface area contributed by atoms with Crippen molar-refractivity contribution in [2.24, 2.45) is 0 Å². The highest BCUT2D eigenvalue weighted by Gasteiger charge is 2.21. The topological polar surface area (TPSA) is 65.0 Å². The molecule has 5 heteroatoms. The van der Waals surface area contributed by atoms with E-state index in [1.54, 1.807) is 6.07 Å². The maximum Gasteiger partial charge on any atom is 0.167 e. The Morgan fingerprint density at radius 3 is 1.80 bits per heavy atom. The molecule has 5 nitrogen and oxygen atoms in total. The number of benzene rings is 7. The zero-order valence-electron chi connectivity index (χ0n) is 36.9. The van der Waals surface area contributed by atoms with Crippen LogP contribution in [0.1, 0.15) is 15.1 Å². The van der Waals surface area contributed by atoms with Gasteiger partial charge in [0.1, 0.15) is 22.3 Å². The van der Waals surface area contributed by atoms with Crippen LogP contribution >= 0.6 is 0 Å². The van der Waals surface area contributed by atoms with Crippen molar-refractivity contribution >= 4 is 43.9 Å². The average Bonchev–Trinajstić information content (AvgIpc) is 3.87. The van der Waals surface area contributed by atoms with Gasteiger partial charge in [-0.2, -0.15) is 0 Å². The number of fused-ring (bicyclic) bond motifs is 6. The number of para-hydroxylation sites is 2. The minimum absolute atomic E-state index is 0.116. The molecule has 0 aliphatic rings. The first-order valence-corrected chi connectivity index (χ1v) is 15.7. The molecule has 0 N–H and O–H groups in total. The van der Waals surface area contributed by atoms with Gasteiger partial charge in [0.2, 0.25) is 0 Å². The highest BCUT2D eigenvalue weighted by Crippen LogP contribution is 2.42. The molecule has 0 spiro atoms. The Morgan fingerprint density at radius 2 is 1.00 bits per heavy atom. The first-order chi connectivity index (χ1) is 29.3. The van der Waals surface area contributed by atoms with Gasteiger partial charge in [0.15, 0.2) is 17.5 Å². The van der Waals surface area contributed by atoms with Gasteiger partial charge in [-0.3, -0.25) is 0 Å². The molecule has 7 aromatic carbocycles. The van der Waals surface area contributed by atoms with Crippen molar-refractivity contribution in [3.63, 3.8) is 0 Å². The van der Waals surface area contributed by atoms with Gasteiger partial charge in [0.25, 0.3) is 0 Å². The molecule has 0 amide bonds. The maximum atomic E-state index is 9.40. The third-order valence-corrected chi connectivity index (χ3v) is 8.64. The Hall–Kier alpha value is -6.85. The lowest BCUT2D eigenvalue weighted by Gasteiger charge is -2.11. The molecule has 50 heavy (non-hydrogen) atoms. The van der Waals surface area contributed by atoms with Crippen LogP contribution in [0.4, 0.5) is 0 Å². The van der Waals surface area contributed by atoms with E-state index in [1.807, 2.05) is 91.0 Å². The molecule has 0 radical (unpaired) electrons. The minimum atomic E-state index is -0.696. The Morgan fingerprint density at radius 1 is 0.380 bits per heavy atom. The summed E-state index contributed by atoms with van der Waals surface area (Å²) in [5, 5.41) is 1.36. The molecule has 10 rings (SSSR count). The van der Waals surface area contributed by atoms with E-state index in [2.05, 4.69) is 0 Å². The quantitative estimate of drug-likeness (QED) is 0.185. The van der Waals surface area contributed by atoms with E-state index >= 15 is 0 Å². The van der Waals surface area contributed by atoms with Crippen LogP contribution in [0, 0.1) is 0 Å². The number of furan rings is 2. The second-order valence-corrected chi connectivity index (χ2v) is 11.5. The van der Waals surface area contributed by atoms with Crippen LogP contribution in [-0.4, -0.2) is 15.0 Å². The maximum absolute atomic E-state index is 9.40. The Labute approximate surface area is 302 Å². The zero-order chi connectivity index (χ0) is 42.6. The summed E-state index contributed by atoms with van der Waals surface area (Å²) >= 11 is 0. The van der Waals surface area contributed by atoms with E-state index in [-0.39, 0.29) is 50.5 Å². The summed E-state index contributed by atoms with van der Waals surface area (Å²) in [6.45, 7) is 0. The standard InChI is InChI=1S/C45H27N3O2/c1-3-12-28(13-4-1)29-24-26-31(27-25-29)43-46-44(48-45(47-43)36-20-9-18-34-33-16-7-8-21-37(33)50-42(34)36)35-19-11-23-39-41(35)40-32(17-10-22-38(40)49-39)30-14-5-2-6-15-30/h1-27H/i2D,5D,6D,10D,11D,14D,15D,17D,19D,22D,23D. The first kappa shape index (κ1) is 19.2. The molecule has 3 heterocycles. The number of nitrogens with zero attached hydrogens (tertiary/aromatic N) is 3. The fraction of sp³-hybridized carbons (Fsp3) is 0. The van der Waals surface area contributed by atoms with Gasteiger partial charge in [-0.1, -0.05) is 139 Å². The zero-order valence-corrected chi connectivity index (χ0v) is 25.9. The molecule has 0 fully saturated rings. The second-order valence-electron chi connectivity index (χ2n) is 11.5. The molecule has 10 aromatic rings. The van der Waals surface area contributed by atoms with E-state index in [0.717, 1.165) is 21.9 Å². The van der Waals surface area contributed by atoms with Gasteiger partial charge in [-0.25, -0.2) is 15.0 Å². The van der Waals surface area contributed by atoms with Crippen LogP contribution in [0.2, 0.25) is 0 Å². The van der Waals surface area contributed by atoms with Crippen LogP contribution in [0.25, 0.3) is 100 Å². The second kappa shape index (κ2) is 11.4. The van der Waals surface area contributed by atoms with Crippen LogP contribution in [0.5, 0.6) is 0 Å². The van der Waals surface area contributed by atoms with Crippen molar-refractivity contribution in [1.29, 1.82) is 0 Å². The van der Waals surface area contributed by atoms with E-state index in [4.69, 9.17) is 37.5 Å².